The summed E-state index contributed by atoms with van der Waals surface area (Å²) in [7, 11) is -3.79. The lowest BCUT2D eigenvalue weighted by atomic mass is 10.2. The van der Waals surface area contributed by atoms with Gasteiger partial charge in [0, 0.05) is 11.9 Å². The van der Waals surface area contributed by atoms with Gasteiger partial charge in [-0.3, -0.25) is 9.52 Å². The first-order valence-electron chi connectivity index (χ1n) is 5.71. The maximum absolute atomic E-state index is 12.2. The number of aromatic nitrogens is 1. The average molecular weight is 347 g/mol. The fourth-order valence-corrected chi connectivity index (χ4v) is 3.55. The van der Waals surface area contributed by atoms with Gasteiger partial charge < -0.3 is 4.74 Å². The summed E-state index contributed by atoms with van der Waals surface area (Å²) in [4.78, 5) is 14.7. The molecule has 1 aromatic carbocycles. The molecule has 6 nitrogen and oxygen atoms in total. The number of rotatable bonds is 4. The SMILES string of the molecule is CC(=O)Oc1csc(NS(=O)(=O)c2ccc(C)c(Cl)c2)n1. The zero-order valence-electron chi connectivity index (χ0n) is 11.1. The summed E-state index contributed by atoms with van der Waals surface area (Å²) >= 11 is 6.93. The van der Waals surface area contributed by atoms with E-state index < -0.39 is 16.0 Å². The van der Waals surface area contributed by atoms with Gasteiger partial charge >= 0.3 is 5.97 Å². The Bertz CT molecular complexity index is 786. The van der Waals surface area contributed by atoms with Crippen LogP contribution in [-0.2, 0) is 14.8 Å². The molecular formula is C12H11ClN2O4S2. The molecule has 0 aliphatic rings. The van der Waals surface area contributed by atoms with Crippen molar-refractivity contribution in [2.75, 3.05) is 4.72 Å². The van der Waals surface area contributed by atoms with Gasteiger partial charge in [0.1, 0.15) is 0 Å². The lowest BCUT2D eigenvalue weighted by Crippen LogP contribution is -2.13. The van der Waals surface area contributed by atoms with Crippen LogP contribution >= 0.6 is 22.9 Å². The van der Waals surface area contributed by atoms with Crippen molar-refractivity contribution in [3.8, 4) is 5.88 Å². The topological polar surface area (TPSA) is 85.4 Å². The predicted octanol–water partition coefficient (Wildman–Crippen LogP) is 2.83. The van der Waals surface area contributed by atoms with Crippen molar-refractivity contribution < 1.29 is 17.9 Å². The van der Waals surface area contributed by atoms with Crippen LogP contribution in [0, 0.1) is 6.92 Å². The Morgan fingerprint density at radius 1 is 1.43 bits per heavy atom. The molecule has 0 bridgehead atoms. The van der Waals surface area contributed by atoms with E-state index >= 15 is 0 Å². The maximum Gasteiger partial charge on any atom is 0.309 e. The van der Waals surface area contributed by atoms with E-state index in [4.69, 9.17) is 16.3 Å². The highest BCUT2D eigenvalue weighted by atomic mass is 35.5. The minimum Gasteiger partial charge on any atom is -0.407 e. The number of hydrogen-bond acceptors (Lipinski definition) is 6. The molecule has 2 aromatic rings. The Labute approximate surface area is 130 Å². The highest BCUT2D eigenvalue weighted by Crippen LogP contribution is 2.25. The molecule has 0 saturated carbocycles. The molecule has 21 heavy (non-hydrogen) atoms. The highest BCUT2D eigenvalue weighted by Gasteiger charge is 2.17. The number of ether oxygens (including phenoxy) is 1. The summed E-state index contributed by atoms with van der Waals surface area (Å²) in [5.74, 6) is -0.479. The fraction of sp³-hybridized carbons (Fsp3) is 0.167. The van der Waals surface area contributed by atoms with E-state index in [1.54, 1.807) is 13.0 Å². The minimum atomic E-state index is -3.79. The quantitative estimate of drug-likeness (QED) is 0.860. The van der Waals surface area contributed by atoms with Crippen molar-refractivity contribution in [3.05, 3.63) is 34.2 Å². The summed E-state index contributed by atoms with van der Waals surface area (Å²) < 4.78 is 31.4. The molecule has 0 spiro atoms. The monoisotopic (exact) mass is 346 g/mol. The number of esters is 1. The first kappa shape index (κ1) is 15.7. The number of hydrogen-bond donors (Lipinski definition) is 1. The molecule has 0 fully saturated rings. The standard InChI is InChI=1S/C12H11ClN2O4S2/c1-7-3-4-9(5-10(7)13)21(17,18)15-12-14-11(6-20-12)19-8(2)16/h3-6H,1-2H3,(H,14,15). The summed E-state index contributed by atoms with van der Waals surface area (Å²) in [5, 5.41) is 1.89. The third-order valence-electron chi connectivity index (χ3n) is 2.41. The van der Waals surface area contributed by atoms with E-state index in [9.17, 15) is 13.2 Å². The summed E-state index contributed by atoms with van der Waals surface area (Å²) in [6.45, 7) is 3.01. The molecule has 0 atom stereocenters. The molecular weight excluding hydrogens is 336 g/mol. The van der Waals surface area contributed by atoms with Gasteiger partial charge in [-0.25, -0.2) is 8.42 Å². The van der Waals surface area contributed by atoms with Crippen molar-refractivity contribution in [2.45, 2.75) is 18.7 Å². The molecule has 0 saturated heterocycles. The van der Waals surface area contributed by atoms with E-state index in [1.165, 1.54) is 24.4 Å². The van der Waals surface area contributed by atoms with Gasteiger partial charge in [-0.1, -0.05) is 17.7 Å². The number of benzene rings is 1. The van der Waals surface area contributed by atoms with Crippen LogP contribution in [0.15, 0.2) is 28.5 Å². The lowest BCUT2D eigenvalue weighted by Gasteiger charge is -2.06. The van der Waals surface area contributed by atoms with E-state index in [0.717, 1.165) is 16.9 Å². The Morgan fingerprint density at radius 2 is 2.14 bits per heavy atom. The Hall–Kier alpha value is -1.64. The first-order chi connectivity index (χ1) is 9.78. The van der Waals surface area contributed by atoms with Crippen LogP contribution < -0.4 is 9.46 Å². The molecule has 2 rings (SSSR count). The van der Waals surface area contributed by atoms with Crippen LogP contribution in [0.5, 0.6) is 5.88 Å². The summed E-state index contributed by atoms with van der Waals surface area (Å²) in [5.41, 5.74) is 0.780. The predicted molar refractivity (Wildman–Crippen MR) is 80.4 cm³/mol. The van der Waals surface area contributed by atoms with Crippen molar-refractivity contribution >= 4 is 44.1 Å². The van der Waals surface area contributed by atoms with Gasteiger partial charge in [-0.05, 0) is 24.6 Å². The Morgan fingerprint density at radius 3 is 2.76 bits per heavy atom. The molecule has 0 amide bonds. The molecule has 1 heterocycles. The number of anilines is 1. The third-order valence-corrected chi connectivity index (χ3v) is 5.02. The smallest absolute Gasteiger partial charge is 0.309 e. The van der Waals surface area contributed by atoms with Gasteiger partial charge in [0.15, 0.2) is 5.13 Å². The van der Waals surface area contributed by atoms with Gasteiger partial charge in [-0.15, -0.1) is 11.3 Å². The van der Waals surface area contributed by atoms with Crippen molar-refractivity contribution in [2.24, 2.45) is 0 Å². The minimum absolute atomic E-state index is 0.0299. The lowest BCUT2D eigenvalue weighted by molar-refractivity contribution is -0.132. The van der Waals surface area contributed by atoms with Crippen LogP contribution in [0.1, 0.15) is 12.5 Å². The van der Waals surface area contributed by atoms with Crippen LogP contribution in [-0.4, -0.2) is 19.4 Å². The number of sulfonamides is 1. The van der Waals surface area contributed by atoms with Crippen LogP contribution in [0.2, 0.25) is 5.02 Å². The number of nitrogens with one attached hydrogen (secondary N) is 1. The number of carbonyl (C=O) groups is 1. The number of thiazole rings is 1. The van der Waals surface area contributed by atoms with E-state index in [-0.39, 0.29) is 15.9 Å². The Balaban J connectivity index is 2.22. The van der Waals surface area contributed by atoms with Gasteiger partial charge in [0.2, 0.25) is 5.88 Å². The second kappa shape index (κ2) is 6.00. The second-order valence-corrected chi connectivity index (χ2v) is 7.05. The summed E-state index contributed by atoms with van der Waals surface area (Å²) in [6.07, 6.45) is 0. The third kappa shape index (κ3) is 3.93. The number of halogens is 1. The average Bonchev–Trinajstić information content (AvgIpc) is 2.78. The van der Waals surface area contributed by atoms with Gasteiger partial charge in [0.05, 0.1) is 10.3 Å². The molecule has 0 radical (unpaired) electrons. The van der Waals surface area contributed by atoms with Crippen molar-refractivity contribution in [1.82, 2.24) is 4.98 Å². The highest BCUT2D eigenvalue weighted by molar-refractivity contribution is 7.93. The summed E-state index contributed by atoms with van der Waals surface area (Å²) in [6, 6.07) is 4.42. The number of nitrogens with zero attached hydrogens (tertiary/aromatic N) is 1. The van der Waals surface area contributed by atoms with Crippen LogP contribution in [0.3, 0.4) is 0 Å². The molecule has 1 aromatic heterocycles. The molecule has 1 N–H and O–H groups in total. The largest absolute Gasteiger partial charge is 0.407 e. The molecule has 9 heteroatoms. The first-order valence-corrected chi connectivity index (χ1v) is 8.45. The second-order valence-electron chi connectivity index (χ2n) is 4.10. The van der Waals surface area contributed by atoms with E-state index in [2.05, 4.69) is 9.71 Å². The maximum atomic E-state index is 12.2. The zero-order valence-corrected chi connectivity index (χ0v) is 13.5. The van der Waals surface area contributed by atoms with Crippen LogP contribution in [0.4, 0.5) is 5.13 Å². The zero-order chi connectivity index (χ0) is 15.6. The van der Waals surface area contributed by atoms with Gasteiger partial charge in [-0.2, -0.15) is 4.98 Å². The fourth-order valence-electron chi connectivity index (χ4n) is 1.41. The van der Waals surface area contributed by atoms with Crippen LogP contribution in [0.25, 0.3) is 0 Å². The number of carbonyl (C=O) groups excluding carboxylic acids is 1. The Kier molecular flexibility index (Phi) is 4.50. The van der Waals surface area contributed by atoms with E-state index in [0.29, 0.717) is 5.02 Å². The molecule has 112 valence electrons. The van der Waals surface area contributed by atoms with E-state index in [1.807, 2.05) is 0 Å². The normalized spacial score (nSPS) is 11.2. The molecule has 0 aliphatic heterocycles. The van der Waals surface area contributed by atoms with Crippen molar-refractivity contribution in [1.29, 1.82) is 0 Å². The van der Waals surface area contributed by atoms with Gasteiger partial charge in [0.25, 0.3) is 10.0 Å². The van der Waals surface area contributed by atoms with Crippen molar-refractivity contribution in [3.63, 3.8) is 0 Å². The molecule has 0 aliphatic carbocycles. The molecule has 0 unspecified atom stereocenters. The number of aryl methyl sites for hydroxylation is 1.